The first kappa shape index (κ1) is 26.4. The van der Waals surface area contributed by atoms with Crippen molar-refractivity contribution < 1.29 is 36.1 Å². The number of aromatic nitrogens is 1. The van der Waals surface area contributed by atoms with E-state index in [4.69, 9.17) is 14.5 Å². The van der Waals surface area contributed by atoms with Gasteiger partial charge in [0.25, 0.3) is 10.1 Å². The molecule has 0 aliphatic carbocycles. The van der Waals surface area contributed by atoms with Gasteiger partial charge in [0.05, 0.1) is 12.0 Å². The minimum absolute atomic E-state index is 0.136. The van der Waals surface area contributed by atoms with E-state index >= 15 is 0 Å². The number of fused-ring (bicyclic) bond motifs is 1. The summed E-state index contributed by atoms with van der Waals surface area (Å²) in [6, 6.07) is 22.7. The molecule has 34 heavy (non-hydrogen) atoms. The van der Waals surface area contributed by atoms with Gasteiger partial charge in [-0.05, 0) is 41.8 Å². The maximum Gasteiger partial charge on any atom is 0.437 e. The Hall–Kier alpha value is -3.83. The molecule has 0 unspecified atom stereocenters. The number of hydrogen-bond donors (Lipinski definition) is 3. The number of halogens is 3. The van der Waals surface area contributed by atoms with Crippen molar-refractivity contribution in [3.8, 4) is 5.75 Å². The SMILES string of the molecule is COc1ccc(S(=O)(=O)O)cc1.ON=C(c1ccccc1)C(F)(F)F.c1ccc2[nH]ccc2c1. The van der Waals surface area contributed by atoms with E-state index in [9.17, 15) is 21.6 Å². The molecule has 0 atom stereocenters. The summed E-state index contributed by atoms with van der Waals surface area (Å²) in [6.07, 6.45) is -2.68. The Balaban J connectivity index is 0.000000183. The van der Waals surface area contributed by atoms with Gasteiger partial charge in [-0.25, -0.2) is 0 Å². The van der Waals surface area contributed by atoms with E-state index in [0.717, 1.165) is 0 Å². The fourth-order valence-electron chi connectivity index (χ4n) is 2.62. The molecular weight excluding hydrogens is 473 g/mol. The van der Waals surface area contributed by atoms with Gasteiger partial charge < -0.3 is 14.9 Å². The summed E-state index contributed by atoms with van der Waals surface area (Å²) in [5.74, 6) is 0.544. The summed E-state index contributed by atoms with van der Waals surface area (Å²) in [6.45, 7) is 0. The number of hydrogen-bond acceptors (Lipinski definition) is 5. The molecular formula is C23H21F3N2O5S. The summed E-state index contributed by atoms with van der Waals surface area (Å²) in [7, 11) is -2.61. The smallest absolute Gasteiger partial charge is 0.437 e. The Labute approximate surface area is 193 Å². The van der Waals surface area contributed by atoms with Crippen LogP contribution in [0.1, 0.15) is 5.56 Å². The molecule has 0 spiro atoms. The monoisotopic (exact) mass is 494 g/mol. The number of ether oxygens (including phenoxy) is 1. The van der Waals surface area contributed by atoms with Crippen LogP contribution >= 0.6 is 0 Å². The van der Waals surface area contributed by atoms with Gasteiger partial charge in [0.15, 0.2) is 5.71 Å². The average Bonchev–Trinajstić information content (AvgIpc) is 3.29. The number of nitrogens with one attached hydrogen (secondary N) is 1. The molecule has 0 fully saturated rings. The minimum Gasteiger partial charge on any atom is -0.497 e. The normalized spacial score (nSPS) is 11.6. The standard InChI is InChI=1S/C8H6F3NO.C8H7N.C7H8O4S/c9-8(10,11)7(12-13)6-4-2-1-3-5-6;1-2-4-8-7(3-1)5-6-9-8;1-11-6-2-4-7(5-3-6)12(8,9)10/h1-5,13H;1-6,9H;2-5H,1H3,(H,8,9,10). The Bertz CT molecular complexity index is 1270. The van der Waals surface area contributed by atoms with Crippen molar-refractivity contribution in [1.82, 2.24) is 4.98 Å². The van der Waals surface area contributed by atoms with E-state index in [-0.39, 0.29) is 10.5 Å². The van der Waals surface area contributed by atoms with Crippen molar-refractivity contribution in [1.29, 1.82) is 0 Å². The van der Waals surface area contributed by atoms with Crippen LogP contribution in [0.5, 0.6) is 5.75 Å². The molecule has 0 aliphatic heterocycles. The second kappa shape index (κ2) is 11.9. The van der Waals surface area contributed by atoms with Crippen molar-refractivity contribution >= 4 is 26.7 Å². The largest absolute Gasteiger partial charge is 0.497 e. The Morgan fingerprint density at radius 1 is 0.912 bits per heavy atom. The number of nitrogens with zero attached hydrogens (tertiary/aromatic N) is 1. The average molecular weight is 494 g/mol. The van der Waals surface area contributed by atoms with Gasteiger partial charge in [0.1, 0.15) is 5.75 Å². The zero-order valence-electron chi connectivity index (χ0n) is 17.8. The summed E-state index contributed by atoms with van der Waals surface area (Å²) >= 11 is 0. The molecule has 11 heteroatoms. The fraction of sp³-hybridized carbons (Fsp3) is 0.0870. The molecule has 0 bridgehead atoms. The van der Waals surface area contributed by atoms with Crippen LogP contribution in [0.15, 0.2) is 101 Å². The molecule has 7 nitrogen and oxygen atoms in total. The van der Waals surface area contributed by atoms with Crippen LogP contribution in [0, 0.1) is 0 Å². The van der Waals surface area contributed by atoms with Crippen LogP contribution in [-0.4, -0.2) is 42.2 Å². The number of oxime groups is 1. The first-order valence-electron chi connectivity index (χ1n) is 9.54. The Morgan fingerprint density at radius 3 is 2.00 bits per heavy atom. The quantitative estimate of drug-likeness (QED) is 0.150. The molecule has 4 rings (SSSR count). The molecule has 3 aromatic carbocycles. The molecule has 0 radical (unpaired) electrons. The van der Waals surface area contributed by atoms with E-state index in [1.54, 1.807) is 6.07 Å². The highest BCUT2D eigenvalue weighted by atomic mass is 32.2. The lowest BCUT2D eigenvalue weighted by atomic mass is 10.1. The van der Waals surface area contributed by atoms with E-state index < -0.39 is 22.0 Å². The molecule has 0 saturated heterocycles. The summed E-state index contributed by atoms with van der Waals surface area (Å²) in [5, 5.41) is 11.7. The predicted octanol–water partition coefficient (Wildman–Crippen LogP) is 5.54. The number of aromatic amines is 1. The maximum atomic E-state index is 12.1. The highest BCUT2D eigenvalue weighted by Crippen LogP contribution is 2.22. The Morgan fingerprint density at radius 2 is 1.50 bits per heavy atom. The molecule has 180 valence electrons. The number of benzene rings is 3. The van der Waals surface area contributed by atoms with Gasteiger partial charge in [-0.3, -0.25) is 4.55 Å². The summed E-state index contributed by atoms with van der Waals surface area (Å²) in [4.78, 5) is 2.98. The first-order valence-corrected chi connectivity index (χ1v) is 11.0. The van der Waals surface area contributed by atoms with Crippen molar-refractivity contribution in [3.05, 3.63) is 96.7 Å². The molecule has 0 saturated carbocycles. The summed E-state index contributed by atoms with van der Waals surface area (Å²) < 4.78 is 70.8. The van der Waals surface area contributed by atoms with E-state index in [2.05, 4.69) is 28.3 Å². The lowest BCUT2D eigenvalue weighted by Crippen LogP contribution is -2.23. The van der Waals surface area contributed by atoms with Crippen LogP contribution < -0.4 is 4.74 Å². The number of alkyl halides is 3. The lowest BCUT2D eigenvalue weighted by molar-refractivity contribution is -0.0601. The van der Waals surface area contributed by atoms with Crippen LogP contribution in [0.3, 0.4) is 0 Å². The van der Waals surface area contributed by atoms with Crippen molar-refractivity contribution in [2.75, 3.05) is 7.11 Å². The molecule has 0 amide bonds. The highest BCUT2D eigenvalue weighted by molar-refractivity contribution is 7.85. The van der Waals surface area contributed by atoms with Gasteiger partial charge in [-0.2, -0.15) is 21.6 Å². The highest BCUT2D eigenvalue weighted by Gasteiger charge is 2.37. The molecule has 1 heterocycles. The van der Waals surface area contributed by atoms with Gasteiger partial charge in [0.2, 0.25) is 0 Å². The molecule has 0 aliphatic rings. The fourth-order valence-corrected chi connectivity index (χ4v) is 3.10. The minimum atomic E-state index is -4.63. The van der Waals surface area contributed by atoms with E-state index in [1.165, 1.54) is 66.5 Å². The van der Waals surface area contributed by atoms with Crippen LogP contribution in [0.4, 0.5) is 13.2 Å². The topological polar surface area (TPSA) is 112 Å². The van der Waals surface area contributed by atoms with E-state index in [0.29, 0.717) is 5.75 Å². The van der Waals surface area contributed by atoms with Gasteiger partial charge in [0, 0.05) is 17.3 Å². The third-order valence-corrected chi connectivity index (χ3v) is 5.10. The van der Waals surface area contributed by atoms with Crippen LogP contribution in [0.2, 0.25) is 0 Å². The van der Waals surface area contributed by atoms with E-state index in [1.807, 2.05) is 18.3 Å². The van der Waals surface area contributed by atoms with Gasteiger partial charge >= 0.3 is 6.18 Å². The zero-order chi connectivity index (χ0) is 25.2. The maximum absolute atomic E-state index is 12.1. The Kier molecular flexibility index (Phi) is 9.22. The predicted molar refractivity (Wildman–Crippen MR) is 122 cm³/mol. The van der Waals surface area contributed by atoms with Crippen molar-refractivity contribution in [2.24, 2.45) is 5.16 Å². The number of rotatable bonds is 3. The molecule has 1 aromatic heterocycles. The van der Waals surface area contributed by atoms with Gasteiger partial charge in [-0.15, -0.1) is 0 Å². The van der Waals surface area contributed by atoms with Crippen LogP contribution in [-0.2, 0) is 10.1 Å². The zero-order valence-corrected chi connectivity index (χ0v) is 18.6. The van der Waals surface area contributed by atoms with Crippen LogP contribution in [0.25, 0.3) is 10.9 Å². The van der Waals surface area contributed by atoms with Crippen molar-refractivity contribution in [3.63, 3.8) is 0 Å². The van der Waals surface area contributed by atoms with Gasteiger partial charge in [-0.1, -0.05) is 53.7 Å². The molecule has 4 aromatic rings. The summed E-state index contributed by atoms with van der Waals surface area (Å²) in [5.41, 5.74) is -0.233. The number of para-hydroxylation sites is 1. The third kappa shape index (κ3) is 7.94. The second-order valence-electron chi connectivity index (χ2n) is 6.53. The molecule has 3 N–H and O–H groups in total. The number of H-pyrrole nitrogens is 1. The second-order valence-corrected chi connectivity index (χ2v) is 7.95. The first-order chi connectivity index (χ1) is 16.1. The number of methoxy groups -OCH3 is 1. The van der Waals surface area contributed by atoms with Crippen molar-refractivity contribution in [2.45, 2.75) is 11.1 Å². The lowest BCUT2D eigenvalue weighted by Gasteiger charge is -2.07. The third-order valence-electron chi connectivity index (χ3n) is 4.24.